The summed E-state index contributed by atoms with van der Waals surface area (Å²) in [7, 11) is 0. The second-order valence-electron chi connectivity index (χ2n) is 8.86. The average Bonchev–Trinajstić information content (AvgIpc) is 2.82. The minimum atomic E-state index is -0.189. The van der Waals surface area contributed by atoms with Gasteiger partial charge in [-0.3, -0.25) is 4.79 Å². The van der Waals surface area contributed by atoms with E-state index in [1.54, 1.807) is 6.07 Å². The summed E-state index contributed by atoms with van der Waals surface area (Å²) in [4.78, 5) is 12.7. The zero-order valence-electron chi connectivity index (χ0n) is 19.0. The van der Waals surface area contributed by atoms with Crippen LogP contribution < -0.4 is 4.74 Å². The van der Waals surface area contributed by atoms with Crippen LogP contribution in [0.2, 0.25) is 0 Å². The summed E-state index contributed by atoms with van der Waals surface area (Å²) in [5.41, 5.74) is 4.39. The average molecular weight is 418 g/mol. The normalized spacial score (nSPS) is 18.4. The highest BCUT2D eigenvalue weighted by Gasteiger charge is 2.29. The molecule has 0 saturated heterocycles. The van der Waals surface area contributed by atoms with Gasteiger partial charge in [-0.25, -0.2) is 0 Å². The quantitative estimate of drug-likeness (QED) is 0.322. The molecule has 0 amide bonds. The lowest BCUT2D eigenvalue weighted by Crippen LogP contribution is -2.25. The molecule has 2 aromatic carbocycles. The van der Waals surface area contributed by atoms with Crippen molar-refractivity contribution in [3.63, 3.8) is 0 Å². The van der Waals surface area contributed by atoms with E-state index in [9.17, 15) is 10.1 Å². The molecule has 0 radical (unpaired) electrons. The number of unbranched alkanes of at least 4 members (excludes halogenated alkanes) is 2. The van der Waals surface area contributed by atoms with Crippen LogP contribution in [-0.2, 0) is 17.6 Å². The smallest absolute Gasteiger partial charge is 0.314 e. The van der Waals surface area contributed by atoms with Gasteiger partial charge in [-0.15, -0.1) is 0 Å². The lowest BCUT2D eigenvalue weighted by molar-refractivity contribution is -0.140. The van der Waals surface area contributed by atoms with E-state index >= 15 is 0 Å². The third-order valence-corrected chi connectivity index (χ3v) is 6.52. The van der Waals surface area contributed by atoms with Crippen LogP contribution in [0.5, 0.6) is 5.75 Å². The Kier molecular flexibility index (Phi) is 8.71. The van der Waals surface area contributed by atoms with E-state index in [0.29, 0.717) is 17.2 Å². The molecule has 0 atom stereocenters. The van der Waals surface area contributed by atoms with Crippen molar-refractivity contribution in [2.75, 3.05) is 0 Å². The Balaban J connectivity index is 1.54. The molecule has 3 rings (SSSR count). The van der Waals surface area contributed by atoms with Crippen molar-refractivity contribution in [1.82, 2.24) is 0 Å². The summed E-state index contributed by atoms with van der Waals surface area (Å²) in [5.74, 6) is 0.659. The molecule has 3 nitrogen and oxygen atoms in total. The van der Waals surface area contributed by atoms with Gasteiger partial charge in [-0.1, -0.05) is 57.0 Å². The minimum Gasteiger partial charge on any atom is -0.425 e. The van der Waals surface area contributed by atoms with Crippen molar-refractivity contribution in [2.24, 2.45) is 5.92 Å². The molecule has 1 aliphatic rings. The maximum Gasteiger partial charge on any atom is 0.314 e. The van der Waals surface area contributed by atoms with Gasteiger partial charge in [-0.2, -0.15) is 5.26 Å². The van der Waals surface area contributed by atoms with Crippen molar-refractivity contribution in [1.29, 1.82) is 5.26 Å². The number of benzene rings is 2. The molecule has 0 aromatic heterocycles. The van der Waals surface area contributed by atoms with Crippen LogP contribution in [0.3, 0.4) is 0 Å². The van der Waals surface area contributed by atoms with Gasteiger partial charge in [0.2, 0.25) is 0 Å². The Labute approximate surface area is 187 Å². The molecular weight excluding hydrogens is 382 g/mol. The third kappa shape index (κ3) is 6.44. The Hall–Kier alpha value is -2.60. The van der Waals surface area contributed by atoms with E-state index in [1.807, 2.05) is 12.1 Å². The Morgan fingerprint density at radius 1 is 0.935 bits per heavy atom. The van der Waals surface area contributed by atoms with Crippen molar-refractivity contribution >= 4 is 5.97 Å². The zero-order chi connectivity index (χ0) is 22.1. The van der Waals surface area contributed by atoms with E-state index in [2.05, 4.69) is 44.2 Å². The van der Waals surface area contributed by atoms with E-state index < -0.39 is 0 Å². The monoisotopic (exact) mass is 417 g/mol. The van der Waals surface area contributed by atoms with Gasteiger partial charge in [0.25, 0.3) is 0 Å². The van der Waals surface area contributed by atoms with Crippen LogP contribution in [0.1, 0.15) is 93.4 Å². The predicted octanol–water partition coefficient (Wildman–Crippen LogP) is 7.12. The molecule has 1 fully saturated rings. The summed E-state index contributed by atoms with van der Waals surface area (Å²) < 4.78 is 5.67. The van der Waals surface area contributed by atoms with Gasteiger partial charge >= 0.3 is 5.97 Å². The van der Waals surface area contributed by atoms with Crippen LogP contribution in [-0.4, -0.2) is 5.97 Å². The predicted molar refractivity (Wildman–Crippen MR) is 125 cm³/mol. The number of rotatable bonds is 9. The Bertz CT molecular complexity index is 886. The molecule has 0 N–H and O–H groups in total. The second-order valence-corrected chi connectivity index (χ2v) is 8.86. The lowest BCUT2D eigenvalue weighted by Gasteiger charge is -2.27. The number of esters is 1. The Morgan fingerprint density at radius 3 is 2.16 bits per heavy atom. The van der Waals surface area contributed by atoms with E-state index in [1.165, 1.54) is 24.0 Å². The number of ether oxygens (including phenoxy) is 1. The lowest BCUT2D eigenvalue weighted by atomic mass is 9.78. The summed E-state index contributed by atoms with van der Waals surface area (Å²) in [6, 6.07) is 16.9. The summed E-state index contributed by atoms with van der Waals surface area (Å²) >= 11 is 0. The van der Waals surface area contributed by atoms with Crippen LogP contribution >= 0.6 is 0 Å². The van der Waals surface area contributed by atoms with Gasteiger partial charge in [-0.05, 0) is 86.1 Å². The first-order valence-corrected chi connectivity index (χ1v) is 12.0. The Morgan fingerprint density at radius 2 is 1.55 bits per heavy atom. The van der Waals surface area contributed by atoms with Crippen LogP contribution in [0.4, 0.5) is 0 Å². The second kappa shape index (κ2) is 11.7. The van der Waals surface area contributed by atoms with Gasteiger partial charge < -0.3 is 4.74 Å². The van der Waals surface area contributed by atoms with Crippen LogP contribution in [0, 0.1) is 17.2 Å². The third-order valence-electron chi connectivity index (χ3n) is 6.52. The van der Waals surface area contributed by atoms with Crippen molar-refractivity contribution < 1.29 is 9.53 Å². The molecule has 0 unspecified atom stereocenters. The summed E-state index contributed by atoms with van der Waals surface area (Å²) in [5, 5.41) is 9.48. The number of aryl methyl sites for hydroxylation is 2. The highest BCUT2D eigenvalue weighted by Crippen LogP contribution is 2.37. The highest BCUT2D eigenvalue weighted by molar-refractivity contribution is 5.76. The van der Waals surface area contributed by atoms with Gasteiger partial charge in [0.1, 0.15) is 11.8 Å². The van der Waals surface area contributed by atoms with Crippen molar-refractivity contribution in [3.05, 3.63) is 64.7 Å². The summed E-state index contributed by atoms with van der Waals surface area (Å²) in [6.07, 6.45) is 10.5. The largest absolute Gasteiger partial charge is 0.425 e. The van der Waals surface area contributed by atoms with E-state index in [0.717, 1.165) is 56.9 Å². The van der Waals surface area contributed by atoms with E-state index in [4.69, 9.17) is 4.74 Å². The van der Waals surface area contributed by atoms with E-state index in [-0.39, 0.29) is 11.9 Å². The molecule has 0 spiro atoms. The fourth-order valence-corrected chi connectivity index (χ4v) is 4.48. The van der Waals surface area contributed by atoms with Gasteiger partial charge in [0.05, 0.1) is 11.5 Å². The molecule has 3 heteroatoms. The number of nitriles is 1. The number of carbonyl (C=O) groups excluding carboxylic acids is 1. The number of carbonyl (C=O) groups is 1. The molecule has 2 aromatic rings. The molecule has 0 aliphatic heterocycles. The first-order valence-electron chi connectivity index (χ1n) is 12.0. The fraction of sp³-hybridized carbons (Fsp3) is 0.500. The number of hydrogen-bond acceptors (Lipinski definition) is 3. The maximum atomic E-state index is 12.7. The van der Waals surface area contributed by atoms with Crippen LogP contribution in [0.15, 0.2) is 42.5 Å². The fourth-order valence-electron chi connectivity index (χ4n) is 4.48. The minimum absolute atomic E-state index is 0.0774. The molecular formula is C28H35NO2. The van der Waals surface area contributed by atoms with Crippen molar-refractivity contribution in [2.45, 2.75) is 84.0 Å². The number of nitrogens with zero attached hydrogens (tertiary/aromatic N) is 1. The highest BCUT2D eigenvalue weighted by atomic mass is 16.5. The zero-order valence-corrected chi connectivity index (χ0v) is 19.0. The van der Waals surface area contributed by atoms with Gasteiger partial charge in [0.15, 0.2) is 0 Å². The molecule has 0 bridgehead atoms. The first kappa shape index (κ1) is 23.1. The number of hydrogen-bond donors (Lipinski definition) is 0. The molecule has 1 saturated carbocycles. The van der Waals surface area contributed by atoms with Crippen molar-refractivity contribution in [3.8, 4) is 11.8 Å². The summed E-state index contributed by atoms with van der Waals surface area (Å²) in [6.45, 7) is 4.38. The topological polar surface area (TPSA) is 50.1 Å². The molecule has 164 valence electrons. The first-order chi connectivity index (χ1) is 15.1. The van der Waals surface area contributed by atoms with Crippen LogP contribution in [0.25, 0.3) is 0 Å². The molecule has 31 heavy (non-hydrogen) atoms. The SMILES string of the molecule is CCCCc1ccc(C2CCC(C(=O)Oc3ccc(CCCC)cc3C#N)CC2)cc1. The van der Waals surface area contributed by atoms with Gasteiger partial charge in [0, 0.05) is 0 Å². The maximum absolute atomic E-state index is 12.7. The standard InChI is InChI=1S/C28H35NO2/c1-3-5-7-21-9-12-23(13-10-21)24-14-16-25(17-15-24)28(30)31-27-18-11-22(8-6-4-2)19-26(27)20-29/h9-13,18-19,24-25H,3-8,14-17H2,1-2H3. The molecule has 0 heterocycles. The molecule has 1 aliphatic carbocycles.